The number of aliphatic hydroxyl groups is 1. The van der Waals surface area contributed by atoms with Gasteiger partial charge in [0.05, 0.1) is 28.5 Å². The summed E-state index contributed by atoms with van der Waals surface area (Å²) < 4.78 is 27.6. The van der Waals surface area contributed by atoms with E-state index in [0.29, 0.717) is 82.1 Å². The summed E-state index contributed by atoms with van der Waals surface area (Å²) in [6.07, 6.45) is 6.44. The van der Waals surface area contributed by atoms with Gasteiger partial charge in [-0.25, -0.2) is 23.9 Å². The first-order chi connectivity index (χ1) is 34.6. The van der Waals surface area contributed by atoms with Crippen LogP contribution in [-0.2, 0) is 25.6 Å². The van der Waals surface area contributed by atoms with Gasteiger partial charge in [0.2, 0.25) is 0 Å². The number of aromatic amines is 1. The largest absolute Gasteiger partial charge is 0.449 e. The van der Waals surface area contributed by atoms with Gasteiger partial charge in [-0.2, -0.15) is 0 Å². The van der Waals surface area contributed by atoms with Gasteiger partial charge in [0, 0.05) is 96.3 Å². The molecule has 3 aliphatic rings. The molecule has 2 aromatic carbocycles. The Balaban J connectivity index is 0.813. The van der Waals surface area contributed by atoms with Gasteiger partial charge in [-0.15, -0.1) is 0 Å². The van der Waals surface area contributed by atoms with E-state index in [9.17, 15) is 33.5 Å². The van der Waals surface area contributed by atoms with Gasteiger partial charge in [-0.3, -0.25) is 14.4 Å². The Morgan fingerprint density at radius 1 is 1.00 bits per heavy atom. The van der Waals surface area contributed by atoms with Gasteiger partial charge < -0.3 is 45.0 Å². The fraction of sp³-hybridized carbons (Fsp3) is 0.472. The number of rotatable bonds is 20. The standard InChI is InChI=1S/C53H67FN8O8S2/c1-7-59(8-2)21-22-62(51(66)48-33(5)44(56-34(48)6)30-41-40-28-37(54)9-11-43(40)58-50(41)65)53(68)70-24-26-72-71-25-23-69-52(67)61-18-14-35(15-19-61)13-17-60-20-16-36-27-38(10-12-45(36)60)57-49(55)42-29-39(32(3)4)46(63)31-47(42)64/h9-12,16,20,27-30,32,35,39,46,56,63H,7-8,13-15,17-19,21-26,31H2,1-6H3,(H2,55,57)(H,58,65). The Labute approximate surface area is 428 Å². The second kappa shape index (κ2) is 24.7. The number of hydrogen-bond acceptors (Lipinski definition) is 12. The molecule has 386 valence electrons. The summed E-state index contributed by atoms with van der Waals surface area (Å²) in [4.78, 5) is 78.9. The number of hydrogen-bond donors (Lipinski definition) is 4. The number of imide groups is 1. The van der Waals surface area contributed by atoms with Crippen LogP contribution >= 0.6 is 21.6 Å². The van der Waals surface area contributed by atoms with Crippen LogP contribution in [0.15, 0.2) is 65.3 Å². The van der Waals surface area contributed by atoms with E-state index in [1.54, 1.807) is 30.9 Å². The highest BCUT2D eigenvalue weighted by Crippen LogP contribution is 2.35. The van der Waals surface area contributed by atoms with Crippen molar-refractivity contribution >= 4 is 91.1 Å². The number of carbonyl (C=O) groups excluding carboxylic acids is 5. The second-order valence-corrected chi connectivity index (χ2v) is 21.5. The number of aliphatic imine (C=N–C) groups is 1. The van der Waals surface area contributed by atoms with Crippen LogP contribution in [0.1, 0.15) is 86.3 Å². The summed E-state index contributed by atoms with van der Waals surface area (Å²) in [6, 6.07) is 12.0. The molecule has 4 heterocycles. The van der Waals surface area contributed by atoms with Gasteiger partial charge in [0.1, 0.15) is 24.9 Å². The number of aliphatic hydroxyl groups excluding tert-OH is 1. The first-order valence-electron chi connectivity index (χ1n) is 24.8. The quantitative estimate of drug-likeness (QED) is 0.0215. The molecule has 72 heavy (non-hydrogen) atoms. The minimum absolute atomic E-state index is 0.0426. The minimum atomic E-state index is -0.757. The van der Waals surface area contributed by atoms with Crippen molar-refractivity contribution in [3.63, 3.8) is 0 Å². The number of nitrogens with zero attached hydrogens (tertiary/aromatic N) is 5. The number of nitrogens with two attached hydrogens (primary N) is 1. The predicted molar refractivity (Wildman–Crippen MR) is 284 cm³/mol. The van der Waals surface area contributed by atoms with E-state index in [0.717, 1.165) is 54.7 Å². The van der Waals surface area contributed by atoms with E-state index in [-0.39, 0.29) is 67.2 Å². The number of likely N-dealkylation sites (tertiary alicyclic amines) is 1. The number of H-pyrrole nitrogens is 1. The zero-order valence-corrected chi connectivity index (χ0v) is 43.6. The number of ether oxygens (including phenoxy) is 2. The van der Waals surface area contributed by atoms with Crippen molar-refractivity contribution in [1.82, 2.24) is 24.3 Å². The lowest BCUT2D eigenvalue weighted by molar-refractivity contribution is -0.118. The highest BCUT2D eigenvalue weighted by atomic mass is 33.1. The number of anilines is 1. The Bertz CT molecular complexity index is 2740. The Hall–Kier alpha value is -5.89. The predicted octanol–water partition coefficient (Wildman–Crippen LogP) is 8.98. The van der Waals surface area contributed by atoms with Crippen LogP contribution in [0, 0.1) is 37.4 Å². The maximum atomic E-state index is 14.1. The molecule has 1 fully saturated rings. The lowest BCUT2D eigenvalue weighted by atomic mass is 9.80. The van der Waals surface area contributed by atoms with Crippen molar-refractivity contribution in [2.75, 3.05) is 69.3 Å². The molecule has 1 aliphatic carbocycles. The molecule has 7 rings (SSSR count). The normalized spacial score (nSPS) is 18.0. The monoisotopic (exact) mass is 1030 g/mol. The number of ketones is 1. The number of piperidine rings is 1. The molecule has 4 amide bonds. The third-order valence-electron chi connectivity index (χ3n) is 13.8. The summed E-state index contributed by atoms with van der Waals surface area (Å²) in [7, 11) is 2.99. The Kier molecular flexibility index (Phi) is 18.5. The van der Waals surface area contributed by atoms with E-state index >= 15 is 0 Å². The molecule has 0 radical (unpaired) electrons. The fourth-order valence-electron chi connectivity index (χ4n) is 9.57. The number of amides is 4. The second-order valence-electron chi connectivity index (χ2n) is 18.8. The van der Waals surface area contributed by atoms with Crippen LogP contribution in [0.3, 0.4) is 0 Å². The molecule has 4 aromatic rings. The number of Topliss-reactive ketones (excluding diaryl/α,β-unsaturated/α-hetero) is 1. The topological polar surface area (TPSA) is 205 Å². The summed E-state index contributed by atoms with van der Waals surface area (Å²) in [5.41, 5.74) is 11.5. The molecule has 5 N–H and O–H groups in total. The molecule has 2 unspecified atom stereocenters. The van der Waals surface area contributed by atoms with E-state index in [4.69, 9.17) is 15.2 Å². The molecule has 2 atom stereocenters. The van der Waals surface area contributed by atoms with Crippen molar-refractivity contribution < 1.29 is 42.9 Å². The number of nitrogens with one attached hydrogen (secondary N) is 2. The number of carbonyl (C=O) groups is 5. The van der Waals surface area contributed by atoms with Gasteiger partial charge >= 0.3 is 12.2 Å². The first kappa shape index (κ1) is 53.9. The average molecular weight is 1030 g/mol. The van der Waals surface area contributed by atoms with E-state index in [1.165, 1.54) is 39.8 Å². The first-order valence-corrected chi connectivity index (χ1v) is 27.3. The summed E-state index contributed by atoms with van der Waals surface area (Å²) in [5, 5.41) is 14.1. The van der Waals surface area contributed by atoms with Crippen molar-refractivity contribution in [3.05, 3.63) is 94.2 Å². The average Bonchev–Trinajstić information content (AvgIpc) is 4.00. The summed E-state index contributed by atoms with van der Waals surface area (Å²) >= 11 is 0. The highest BCUT2D eigenvalue weighted by molar-refractivity contribution is 8.76. The van der Waals surface area contributed by atoms with Crippen LogP contribution in [0.25, 0.3) is 22.6 Å². The number of aromatic nitrogens is 2. The van der Waals surface area contributed by atoms with Crippen LogP contribution < -0.4 is 11.1 Å². The van der Waals surface area contributed by atoms with E-state index in [2.05, 4.69) is 37.0 Å². The number of aryl methyl sites for hydroxylation is 2. The third-order valence-corrected chi connectivity index (χ3v) is 16.1. The molecule has 2 aliphatic heterocycles. The third kappa shape index (κ3) is 13.0. The number of likely N-dealkylation sites (N-methyl/N-ethyl adjacent to an activating group) is 1. The Morgan fingerprint density at radius 3 is 2.43 bits per heavy atom. The van der Waals surface area contributed by atoms with Crippen LogP contribution in [0.5, 0.6) is 0 Å². The molecule has 16 nitrogen and oxygen atoms in total. The Morgan fingerprint density at radius 2 is 1.72 bits per heavy atom. The van der Waals surface area contributed by atoms with Crippen molar-refractivity contribution in [3.8, 4) is 0 Å². The summed E-state index contributed by atoms with van der Waals surface area (Å²) in [6.45, 7) is 16.0. The zero-order valence-electron chi connectivity index (χ0n) is 42.0. The maximum Gasteiger partial charge on any atom is 0.416 e. The van der Waals surface area contributed by atoms with Crippen molar-refractivity contribution in [2.45, 2.75) is 79.9 Å². The summed E-state index contributed by atoms with van der Waals surface area (Å²) in [5.74, 6) is 0.0752. The lowest BCUT2D eigenvalue weighted by Crippen LogP contribution is -2.43. The molecule has 2 aromatic heterocycles. The molecular weight excluding hydrogens is 960 g/mol. The molecule has 0 saturated carbocycles. The van der Waals surface area contributed by atoms with Gasteiger partial charge in [-0.1, -0.05) is 55.4 Å². The molecule has 0 spiro atoms. The number of amidine groups is 1. The molecule has 1 saturated heterocycles. The van der Waals surface area contributed by atoms with E-state index < -0.39 is 23.9 Å². The number of fused-ring (bicyclic) bond motifs is 2. The van der Waals surface area contributed by atoms with Gasteiger partial charge in [-0.05, 0) is 112 Å². The smallest absolute Gasteiger partial charge is 0.416 e. The van der Waals surface area contributed by atoms with Crippen molar-refractivity contribution in [2.24, 2.45) is 28.5 Å². The molecular formula is C53H67FN8O8S2. The van der Waals surface area contributed by atoms with Crippen molar-refractivity contribution in [1.29, 1.82) is 0 Å². The van der Waals surface area contributed by atoms with Gasteiger partial charge in [0.25, 0.3) is 11.8 Å². The SMILES string of the molecule is CCN(CC)CCN(C(=O)OCCSSCCOC(=O)N1CCC(CCn2ccc3cc(N=C(N)C4=CC(C(C)C)C(O)CC4=O)ccc32)CC1)C(=O)c1c(C)[nH]c(C=C2C(=O)Nc3ccc(F)cc32)c1C. The zero-order chi connectivity index (χ0) is 51.6. The van der Waals surface area contributed by atoms with Crippen LogP contribution in [-0.4, -0.2) is 135 Å². The fourth-order valence-corrected chi connectivity index (χ4v) is 11.2. The molecule has 0 bridgehead atoms. The number of halogens is 1. The molecule has 19 heteroatoms. The number of benzene rings is 2. The van der Waals surface area contributed by atoms with Crippen LogP contribution in [0.4, 0.5) is 25.4 Å². The van der Waals surface area contributed by atoms with E-state index in [1.807, 2.05) is 45.9 Å². The lowest BCUT2D eigenvalue weighted by Gasteiger charge is -2.31. The minimum Gasteiger partial charge on any atom is -0.449 e. The maximum absolute atomic E-state index is 14.1. The van der Waals surface area contributed by atoms with Gasteiger partial charge in [0.15, 0.2) is 5.78 Å². The highest BCUT2D eigenvalue weighted by Gasteiger charge is 2.33. The van der Waals surface area contributed by atoms with Crippen LogP contribution in [0.2, 0.25) is 0 Å².